The Labute approximate surface area is 84.7 Å². The summed E-state index contributed by atoms with van der Waals surface area (Å²) in [5.74, 6) is -0.338. The number of halogens is 2. The summed E-state index contributed by atoms with van der Waals surface area (Å²) in [7, 11) is 0. The Kier molecular flexibility index (Phi) is 3.84. The van der Waals surface area contributed by atoms with Crippen molar-refractivity contribution in [2.24, 2.45) is 5.73 Å². The Morgan fingerprint density at radius 2 is 2.23 bits per heavy atom. The molecule has 1 unspecified atom stereocenters. The van der Waals surface area contributed by atoms with Gasteiger partial charge in [-0.25, -0.2) is 4.39 Å². The van der Waals surface area contributed by atoms with Gasteiger partial charge in [0.1, 0.15) is 5.82 Å². The van der Waals surface area contributed by atoms with Crippen LogP contribution >= 0.6 is 15.9 Å². The van der Waals surface area contributed by atoms with E-state index in [9.17, 15) is 4.39 Å². The first-order valence-corrected chi connectivity index (χ1v) is 4.76. The highest BCUT2D eigenvalue weighted by molar-refractivity contribution is 9.10. The highest BCUT2D eigenvalue weighted by atomic mass is 79.9. The molecular formula is C9H11BrFNO. The standard InChI is InChI=1S/C9H11BrFNO/c10-6-2-1-3-7(11)9(6)8(12)4-5-13/h1-3,8,13H,4-5,12H2. The van der Waals surface area contributed by atoms with E-state index < -0.39 is 6.04 Å². The van der Waals surface area contributed by atoms with Gasteiger partial charge < -0.3 is 10.8 Å². The fourth-order valence-corrected chi connectivity index (χ4v) is 1.78. The zero-order valence-electron chi connectivity index (χ0n) is 7.00. The molecule has 0 bridgehead atoms. The van der Waals surface area contributed by atoms with Crippen LogP contribution in [0.1, 0.15) is 18.0 Å². The van der Waals surface area contributed by atoms with Crippen LogP contribution in [0.5, 0.6) is 0 Å². The van der Waals surface area contributed by atoms with Crippen molar-refractivity contribution < 1.29 is 9.50 Å². The van der Waals surface area contributed by atoms with Gasteiger partial charge in [0.25, 0.3) is 0 Å². The summed E-state index contributed by atoms with van der Waals surface area (Å²) in [5, 5.41) is 8.66. The van der Waals surface area contributed by atoms with E-state index >= 15 is 0 Å². The average molecular weight is 248 g/mol. The van der Waals surface area contributed by atoms with Crippen LogP contribution in [0.3, 0.4) is 0 Å². The van der Waals surface area contributed by atoms with Crippen LogP contribution in [0.15, 0.2) is 22.7 Å². The molecule has 1 aromatic rings. The van der Waals surface area contributed by atoms with Crippen molar-refractivity contribution in [3.63, 3.8) is 0 Å². The molecule has 0 heterocycles. The number of aliphatic hydroxyl groups is 1. The second-order valence-electron chi connectivity index (χ2n) is 2.75. The van der Waals surface area contributed by atoms with Crippen molar-refractivity contribution in [2.75, 3.05) is 6.61 Å². The lowest BCUT2D eigenvalue weighted by atomic mass is 10.0. The first-order valence-electron chi connectivity index (χ1n) is 3.97. The van der Waals surface area contributed by atoms with Gasteiger partial charge in [-0.2, -0.15) is 0 Å². The van der Waals surface area contributed by atoms with Gasteiger partial charge in [-0.05, 0) is 18.6 Å². The molecule has 0 aromatic heterocycles. The molecule has 13 heavy (non-hydrogen) atoms. The fourth-order valence-electron chi connectivity index (χ4n) is 1.15. The number of aliphatic hydroxyl groups excluding tert-OH is 1. The molecule has 2 nitrogen and oxygen atoms in total. The Balaban J connectivity index is 2.98. The lowest BCUT2D eigenvalue weighted by Gasteiger charge is -2.12. The maximum absolute atomic E-state index is 13.2. The molecule has 0 fully saturated rings. The van der Waals surface area contributed by atoms with E-state index in [-0.39, 0.29) is 12.4 Å². The lowest BCUT2D eigenvalue weighted by molar-refractivity contribution is 0.275. The number of benzene rings is 1. The summed E-state index contributed by atoms with van der Waals surface area (Å²) in [6, 6.07) is 4.24. The average Bonchev–Trinajstić information content (AvgIpc) is 2.04. The quantitative estimate of drug-likeness (QED) is 0.858. The molecule has 3 N–H and O–H groups in total. The number of hydrogen-bond acceptors (Lipinski definition) is 2. The van der Waals surface area contributed by atoms with E-state index in [1.54, 1.807) is 12.1 Å². The summed E-state index contributed by atoms with van der Waals surface area (Å²) in [6.07, 6.45) is 0.361. The van der Waals surface area contributed by atoms with Crippen molar-refractivity contribution in [3.8, 4) is 0 Å². The Bertz CT molecular complexity index is 273. The monoisotopic (exact) mass is 247 g/mol. The fraction of sp³-hybridized carbons (Fsp3) is 0.333. The maximum Gasteiger partial charge on any atom is 0.129 e. The van der Waals surface area contributed by atoms with Gasteiger partial charge in [0.2, 0.25) is 0 Å². The van der Waals surface area contributed by atoms with Crippen LogP contribution in [0.4, 0.5) is 4.39 Å². The van der Waals surface area contributed by atoms with Gasteiger partial charge in [-0.1, -0.05) is 22.0 Å². The first kappa shape index (κ1) is 10.6. The van der Waals surface area contributed by atoms with Crippen molar-refractivity contribution in [3.05, 3.63) is 34.1 Å². The molecule has 1 rings (SSSR count). The third-order valence-corrected chi connectivity index (χ3v) is 2.50. The van der Waals surface area contributed by atoms with Crippen molar-refractivity contribution >= 4 is 15.9 Å². The predicted molar refractivity (Wildman–Crippen MR) is 52.7 cm³/mol. The lowest BCUT2D eigenvalue weighted by Crippen LogP contribution is -2.14. The van der Waals surface area contributed by atoms with Gasteiger partial charge in [0.05, 0.1) is 0 Å². The highest BCUT2D eigenvalue weighted by Gasteiger charge is 2.13. The van der Waals surface area contributed by atoms with Crippen LogP contribution in [0, 0.1) is 5.82 Å². The third-order valence-electron chi connectivity index (χ3n) is 1.81. The van der Waals surface area contributed by atoms with Gasteiger partial charge in [0.15, 0.2) is 0 Å². The van der Waals surface area contributed by atoms with E-state index in [4.69, 9.17) is 10.8 Å². The molecule has 72 valence electrons. The van der Waals surface area contributed by atoms with Crippen LogP contribution in [-0.2, 0) is 0 Å². The van der Waals surface area contributed by atoms with Gasteiger partial charge in [-0.3, -0.25) is 0 Å². The molecule has 1 aromatic carbocycles. The minimum absolute atomic E-state index is 0.0397. The summed E-state index contributed by atoms with van der Waals surface area (Å²) in [6.45, 7) is -0.0397. The van der Waals surface area contributed by atoms with Crippen molar-refractivity contribution in [1.82, 2.24) is 0 Å². The number of hydrogen-bond donors (Lipinski definition) is 2. The minimum atomic E-state index is -0.458. The Morgan fingerprint density at radius 1 is 1.54 bits per heavy atom. The summed E-state index contributed by atoms with van der Waals surface area (Å²) in [4.78, 5) is 0. The molecule has 0 aliphatic carbocycles. The van der Waals surface area contributed by atoms with Crippen molar-refractivity contribution in [2.45, 2.75) is 12.5 Å². The van der Waals surface area contributed by atoms with E-state index in [2.05, 4.69) is 15.9 Å². The molecular weight excluding hydrogens is 237 g/mol. The van der Waals surface area contributed by atoms with Gasteiger partial charge in [0, 0.05) is 22.7 Å². The zero-order valence-corrected chi connectivity index (χ0v) is 8.59. The molecule has 0 spiro atoms. The molecule has 0 saturated heterocycles. The SMILES string of the molecule is NC(CCO)c1c(F)cccc1Br. The smallest absolute Gasteiger partial charge is 0.129 e. The minimum Gasteiger partial charge on any atom is -0.396 e. The van der Waals surface area contributed by atoms with E-state index in [1.807, 2.05) is 0 Å². The van der Waals surface area contributed by atoms with Crippen LogP contribution in [-0.4, -0.2) is 11.7 Å². The van der Waals surface area contributed by atoms with Crippen molar-refractivity contribution in [1.29, 1.82) is 0 Å². The van der Waals surface area contributed by atoms with Gasteiger partial charge in [-0.15, -0.1) is 0 Å². The zero-order chi connectivity index (χ0) is 9.84. The van der Waals surface area contributed by atoms with Crippen LogP contribution in [0.25, 0.3) is 0 Å². The second kappa shape index (κ2) is 4.69. The van der Waals surface area contributed by atoms with E-state index in [1.165, 1.54) is 6.07 Å². The summed E-state index contributed by atoms with van der Waals surface area (Å²) < 4.78 is 13.9. The predicted octanol–water partition coefficient (Wildman–Crippen LogP) is 1.97. The Hall–Kier alpha value is -0.450. The summed E-state index contributed by atoms with van der Waals surface area (Å²) >= 11 is 3.22. The molecule has 0 amide bonds. The molecule has 0 saturated carbocycles. The normalized spacial score (nSPS) is 12.9. The highest BCUT2D eigenvalue weighted by Crippen LogP contribution is 2.26. The molecule has 1 atom stereocenters. The molecule has 0 aliphatic heterocycles. The van der Waals surface area contributed by atoms with Crippen LogP contribution < -0.4 is 5.73 Å². The number of rotatable bonds is 3. The van der Waals surface area contributed by atoms with E-state index in [0.29, 0.717) is 16.5 Å². The van der Waals surface area contributed by atoms with Crippen LogP contribution in [0.2, 0.25) is 0 Å². The Morgan fingerprint density at radius 3 is 2.77 bits per heavy atom. The molecule has 0 radical (unpaired) electrons. The number of nitrogens with two attached hydrogens (primary N) is 1. The van der Waals surface area contributed by atoms with E-state index in [0.717, 1.165) is 0 Å². The maximum atomic E-state index is 13.2. The topological polar surface area (TPSA) is 46.2 Å². The third kappa shape index (κ3) is 2.49. The molecule has 4 heteroatoms. The first-order chi connectivity index (χ1) is 6.16. The summed E-state index contributed by atoms with van der Waals surface area (Å²) in [5.41, 5.74) is 6.10. The molecule has 0 aliphatic rings. The largest absolute Gasteiger partial charge is 0.396 e. The second-order valence-corrected chi connectivity index (χ2v) is 3.61. The van der Waals surface area contributed by atoms with Gasteiger partial charge >= 0.3 is 0 Å².